The molecular weight excluding hydrogens is 412 g/mol. The molecule has 0 radical (unpaired) electrons. The molecule has 4 rings (SSSR count). The third-order valence-corrected chi connectivity index (χ3v) is 7.93. The van der Waals surface area contributed by atoms with Crippen LogP contribution in [-0.4, -0.2) is 62.3 Å². The minimum atomic E-state index is -3.69. The Morgan fingerprint density at radius 2 is 1.65 bits per heavy atom. The first-order valence-electron chi connectivity index (χ1n) is 10.6. The fraction of sp³-hybridized carbons (Fsp3) is 0.391. The average Bonchev–Trinajstić information content (AvgIpc) is 3.18. The summed E-state index contributed by atoms with van der Waals surface area (Å²) in [6.45, 7) is 3.02. The van der Waals surface area contributed by atoms with E-state index in [-0.39, 0.29) is 10.8 Å². The summed E-state index contributed by atoms with van der Waals surface area (Å²) in [5.74, 6) is -0.0984. The number of rotatable bonds is 4. The van der Waals surface area contributed by atoms with Crippen molar-refractivity contribution in [2.45, 2.75) is 30.2 Å². The van der Waals surface area contributed by atoms with Crippen molar-refractivity contribution in [1.82, 2.24) is 9.21 Å². The van der Waals surface area contributed by atoms with Crippen LogP contribution in [0.1, 0.15) is 24.8 Å². The van der Waals surface area contributed by atoms with E-state index in [0.29, 0.717) is 44.6 Å². The number of sulfonamides is 1. The number of hydrogen-bond acceptors (Lipinski definition) is 5. The van der Waals surface area contributed by atoms with Gasteiger partial charge < -0.3 is 9.80 Å². The van der Waals surface area contributed by atoms with Crippen molar-refractivity contribution in [3.63, 3.8) is 0 Å². The second-order valence-electron chi connectivity index (χ2n) is 7.91. The summed E-state index contributed by atoms with van der Waals surface area (Å²) < 4.78 is 27.6. The summed E-state index contributed by atoms with van der Waals surface area (Å²) in [5, 5.41) is 8.98. The van der Waals surface area contributed by atoms with Gasteiger partial charge in [-0.1, -0.05) is 18.2 Å². The number of carbonyl (C=O) groups excluding carboxylic acids is 1. The average molecular weight is 439 g/mol. The van der Waals surface area contributed by atoms with Crippen LogP contribution in [0.5, 0.6) is 0 Å². The Bertz CT molecular complexity index is 1060. The summed E-state index contributed by atoms with van der Waals surface area (Å²) >= 11 is 0. The van der Waals surface area contributed by atoms with E-state index in [0.717, 1.165) is 18.7 Å². The van der Waals surface area contributed by atoms with Crippen LogP contribution in [0.4, 0.5) is 5.69 Å². The molecular formula is C23H26N4O3S. The zero-order valence-corrected chi connectivity index (χ0v) is 18.2. The first-order chi connectivity index (χ1) is 15.0. The van der Waals surface area contributed by atoms with Crippen molar-refractivity contribution in [2.24, 2.45) is 0 Å². The maximum absolute atomic E-state index is 13.3. The molecule has 0 aliphatic carbocycles. The van der Waals surface area contributed by atoms with Gasteiger partial charge in [0.1, 0.15) is 6.04 Å². The lowest BCUT2D eigenvalue weighted by Crippen LogP contribution is -2.48. The van der Waals surface area contributed by atoms with Crippen molar-refractivity contribution >= 4 is 21.6 Å². The normalized spacial score (nSPS) is 20.3. The zero-order chi connectivity index (χ0) is 21.8. The highest BCUT2D eigenvalue weighted by Crippen LogP contribution is 2.28. The fourth-order valence-corrected chi connectivity index (χ4v) is 6.03. The number of amides is 1. The van der Waals surface area contributed by atoms with Gasteiger partial charge in [-0.3, -0.25) is 4.79 Å². The standard InChI is InChI=1S/C23H26N4O3S/c24-18-19-9-11-20(12-10-19)25-13-5-14-26(17-16-25)23(28)22-8-4-15-27(22)31(29,30)21-6-2-1-3-7-21/h1-3,6-7,9-12,22H,4-5,8,13-17H2. The molecule has 1 amide bonds. The second-order valence-corrected chi connectivity index (χ2v) is 9.80. The fourth-order valence-electron chi connectivity index (χ4n) is 4.36. The molecule has 162 valence electrons. The van der Waals surface area contributed by atoms with Gasteiger partial charge in [0.15, 0.2) is 0 Å². The zero-order valence-electron chi connectivity index (χ0n) is 17.4. The summed E-state index contributed by atoms with van der Waals surface area (Å²) in [6, 6.07) is 17.3. The molecule has 2 saturated heterocycles. The van der Waals surface area contributed by atoms with E-state index in [1.54, 1.807) is 42.5 Å². The molecule has 1 unspecified atom stereocenters. The van der Waals surface area contributed by atoms with E-state index in [2.05, 4.69) is 11.0 Å². The predicted molar refractivity (Wildman–Crippen MR) is 118 cm³/mol. The summed E-state index contributed by atoms with van der Waals surface area (Å²) in [5.41, 5.74) is 1.65. The lowest BCUT2D eigenvalue weighted by molar-refractivity contribution is -0.134. The largest absolute Gasteiger partial charge is 0.370 e. The highest BCUT2D eigenvalue weighted by atomic mass is 32.2. The molecule has 1 atom stereocenters. The Kier molecular flexibility index (Phi) is 6.25. The first-order valence-corrected chi connectivity index (χ1v) is 12.1. The summed E-state index contributed by atoms with van der Waals surface area (Å²) in [7, 11) is -3.69. The van der Waals surface area contributed by atoms with Gasteiger partial charge in [-0.2, -0.15) is 9.57 Å². The van der Waals surface area contributed by atoms with Crippen molar-refractivity contribution in [3.05, 3.63) is 60.2 Å². The lowest BCUT2D eigenvalue weighted by Gasteiger charge is -2.29. The van der Waals surface area contributed by atoms with Crippen LogP contribution in [0.25, 0.3) is 0 Å². The lowest BCUT2D eigenvalue weighted by atomic mass is 10.2. The molecule has 0 saturated carbocycles. The van der Waals surface area contributed by atoms with E-state index in [9.17, 15) is 13.2 Å². The summed E-state index contributed by atoms with van der Waals surface area (Å²) in [4.78, 5) is 17.6. The van der Waals surface area contributed by atoms with E-state index in [1.165, 1.54) is 4.31 Å². The molecule has 7 nitrogen and oxygen atoms in total. The number of nitriles is 1. The molecule has 2 aliphatic heterocycles. The minimum absolute atomic E-state index is 0.0984. The summed E-state index contributed by atoms with van der Waals surface area (Å²) in [6.07, 6.45) is 2.05. The van der Waals surface area contributed by atoms with Crippen LogP contribution in [0.2, 0.25) is 0 Å². The molecule has 8 heteroatoms. The van der Waals surface area contributed by atoms with Crippen LogP contribution >= 0.6 is 0 Å². The van der Waals surface area contributed by atoms with Gasteiger partial charge >= 0.3 is 0 Å². The third-order valence-electron chi connectivity index (χ3n) is 6.01. The van der Waals surface area contributed by atoms with Crippen LogP contribution < -0.4 is 4.90 Å². The van der Waals surface area contributed by atoms with Gasteiger partial charge in [0.05, 0.1) is 16.5 Å². The molecule has 0 bridgehead atoms. The van der Waals surface area contributed by atoms with E-state index in [1.807, 2.05) is 17.0 Å². The molecule has 2 aromatic carbocycles. The van der Waals surface area contributed by atoms with Gasteiger partial charge in [-0.15, -0.1) is 0 Å². The van der Waals surface area contributed by atoms with Crippen LogP contribution in [0.15, 0.2) is 59.5 Å². The van der Waals surface area contributed by atoms with Gasteiger partial charge in [-0.05, 0) is 55.7 Å². The third kappa shape index (κ3) is 4.43. The quantitative estimate of drug-likeness (QED) is 0.732. The number of nitrogens with zero attached hydrogens (tertiary/aromatic N) is 4. The smallest absolute Gasteiger partial charge is 0.243 e. The molecule has 0 spiro atoms. The predicted octanol–water partition coefficient (Wildman–Crippen LogP) is 2.45. The topological polar surface area (TPSA) is 84.7 Å². The van der Waals surface area contributed by atoms with Crippen LogP contribution in [0, 0.1) is 11.3 Å². The van der Waals surface area contributed by atoms with E-state index >= 15 is 0 Å². The Balaban J connectivity index is 1.46. The number of hydrogen-bond donors (Lipinski definition) is 0. The monoisotopic (exact) mass is 438 g/mol. The maximum atomic E-state index is 13.3. The van der Waals surface area contributed by atoms with Gasteiger partial charge in [0.25, 0.3) is 0 Å². The highest BCUT2D eigenvalue weighted by Gasteiger charge is 2.41. The van der Waals surface area contributed by atoms with Gasteiger partial charge in [0.2, 0.25) is 15.9 Å². The van der Waals surface area contributed by atoms with Gasteiger partial charge in [-0.25, -0.2) is 8.42 Å². The molecule has 2 heterocycles. The van der Waals surface area contributed by atoms with Crippen LogP contribution in [0.3, 0.4) is 0 Å². The molecule has 2 fully saturated rings. The minimum Gasteiger partial charge on any atom is -0.370 e. The van der Waals surface area contributed by atoms with E-state index < -0.39 is 16.1 Å². The second kappa shape index (κ2) is 9.08. The molecule has 2 aliphatic rings. The number of carbonyl (C=O) groups is 1. The highest BCUT2D eigenvalue weighted by molar-refractivity contribution is 7.89. The number of anilines is 1. The van der Waals surface area contributed by atoms with Crippen molar-refractivity contribution in [3.8, 4) is 6.07 Å². The molecule has 0 aromatic heterocycles. The first kappa shape index (κ1) is 21.3. The maximum Gasteiger partial charge on any atom is 0.243 e. The van der Waals surface area contributed by atoms with Crippen molar-refractivity contribution in [1.29, 1.82) is 5.26 Å². The molecule has 2 aromatic rings. The van der Waals surface area contributed by atoms with E-state index in [4.69, 9.17) is 5.26 Å². The van der Waals surface area contributed by atoms with Crippen molar-refractivity contribution < 1.29 is 13.2 Å². The Morgan fingerprint density at radius 1 is 0.903 bits per heavy atom. The Hall–Kier alpha value is -2.89. The Labute approximate surface area is 183 Å². The van der Waals surface area contributed by atoms with Gasteiger partial charge in [0, 0.05) is 38.4 Å². The molecule has 31 heavy (non-hydrogen) atoms. The van der Waals surface area contributed by atoms with Crippen molar-refractivity contribution in [2.75, 3.05) is 37.6 Å². The Morgan fingerprint density at radius 3 is 2.35 bits per heavy atom. The SMILES string of the molecule is N#Cc1ccc(N2CCCN(C(=O)C3CCCN3S(=O)(=O)c3ccccc3)CC2)cc1. The van der Waals surface area contributed by atoms with Crippen LogP contribution in [-0.2, 0) is 14.8 Å². The number of benzene rings is 2. The molecule has 0 N–H and O–H groups in total.